The fourth-order valence-corrected chi connectivity index (χ4v) is 2.10. The van der Waals surface area contributed by atoms with Crippen molar-refractivity contribution in [3.63, 3.8) is 0 Å². The van der Waals surface area contributed by atoms with Gasteiger partial charge in [-0.3, -0.25) is 0 Å². The van der Waals surface area contributed by atoms with E-state index in [4.69, 9.17) is 4.74 Å². The first-order valence-electron chi connectivity index (χ1n) is 5.66. The molecule has 13 heavy (non-hydrogen) atoms. The first-order valence-corrected chi connectivity index (χ1v) is 6.29. The Balaban J connectivity index is 1.78. The van der Waals surface area contributed by atoms with Crippen LogP contribution in [0.1, 0.15) is 51.4 Å². The van der Waals surface area contributed by atoms with Crippen molar-refractivity contribution in [2.75, 3.05) is 12.4 Å². The highest BCUT2D eigenvalue weighted by Crippen LogP contribution is 2.21. The summed E-state index contributed by atoms with van der Waals surface area (Å²) in [6.07, 6.45) is 11.1. The summed E-state index contributed by atoms with van der Waals surface area (Å²) in [6, 6.07) is 0. The summed E-state index contributed by atoms with van der Waals surface area (Å²) in [7, 11) is 0. The van der Waals surface area contributed by atoms with Crippen LogP contribution >= 0.6 is 12.6 Å². The van der Waals surface area contributed by atoms with E-state index in [1.165, 1.54) is 51.4 Å². The molecule has 0 heterocycles. The second kappa shape index (κ2) is 7.69. The molecule has 2 heteroatoms. The van der Waals surface area contributed by atoms with Gasteiger partial charge in [-0.2, -0.15) is 12.6 Å². The lowest BCUT2D eigenvalue weighted by molar-refractivity contribution is 0.0557. The van der Waals surface area contributed by atoms with Crippen LogP contribution in [-0.2, 0) is 4.74 Å². The van der Waals surface area contributed by atoms with Crippen molar-refractivity contribution in [2.45, 2.75) is 57.5 Å². The van der Waals surface area contributed by atoms with E-state index in [0.29, 0.717) is 6.10 Å². The molecule has 1 aliphatic rings. The predicted octanol–water partition coefficient (Wildman–Crippen LogP) is 3.44. The summed E-state index contributed by atoms with van der Waals surface area (Å²) in [5.41, 5.74) is 0. The van der Waals surface area contributed by atoms with Crippen LogP contribution in [0.3, 0.4) is 0 Å². The number of hydrogen-bond acceptors (Lipinski definition) is 2. The van der Waals surface area contributed by atoms with Gasteiger partial charge in [0, 0.05) is 6.61 Å². The molecular weight excluding hydrogens is 180 g/mol. The lowest BCUT2D eigenvalue weighted by Gasteiger charge is -2.10. The van der Waals surface area contributed by atoms with Crippen molar-refractivity contribution >= 4 is 12.6 Å². The van der Waals surface area contributed by atoms with Gasteiger partial charge in [0.15, 0.2) is 0 Å². The topological polar surface area (TPSA) is 9.23 Å². The van der Waals surface area contributed by atoms with Crippen molar-refractivity contribution in [1.29, 1.82) is 0 Å². The largest absolute Gasteiger partial charge is 0.378 e. The SMILES string of the molecule is SCCCCCCOC1CCCC1. The molecule has 78 valence electrons. The van der Waals surface area contributed by atoms with Gasteiger partial charge in [0.1, 0.15) is 0 Å². The van der Waals surface area contributed by atoms with E-state index in [1.807, 2.05) is 0 Å². The van der Waals surface area contributed by atoms with Gasteiger partial charge in [0.2, 0.25) is 0 Å². The van der Waals surface area contributed by atoms with Gasteiger partial charge < -0.3 is 4.74 Å². The van der Waals surface area contributed by atoms with E-state index in [0.717, 1.165) is 12.4 Å². The van der Waals surface area contributed by atoms with Crippen LogP contribution in [0.15, 0.2) is 0 Å². The van der Waals surface area contributed by atoms with Gasteiger partial charge in [-0.25, -0.2) is 0 Å². The van der Waals surface area contributed by atoms with Gasteiger partial charge in [0.05, 0.1) is 6.10 Å². The molecule has 0 bridgehead atoms. The molecule has 0 radical (unpaired) electrons. The van der Waals surface area contributed by atoms with Gasteiger partial charge in [-0.05, 0) is 31.4 Å². The molecule has 0 aromatic carbocycles. The summed E-state index contributed by atoms with van der Waals surface area (Å²) in [6.45, 7) is 0.983. The number of unbranched alkanes of at least 4 members (excludes halogenated alkanes) is 3. The fourth-order valence-electron chi connectivity index (χ4n) is 1.87. The summed E-state index contributed by atoms with van der Waals surface area (Å²) in [4.78, 5) is 0. The third-order valence-electron chi connectivity index (χ3n) is 2.71. The fraction of sp³-hybridized carbons (Fsp3) is 1.00. The van der Waals surface area contributed by atoms with Crippen LogP contribution in [0.25, 0.3) is 0 Å². The molecule has 1 aliphatic carbocycles. The van der Waals surface area contributed by atoms with E-state index in [2.05, 4.69) is 12.6 Å². The number of rotatable bonds is 7. The first kappa shape index (κ1) is 11.4. The molecule has 1 nitrogen and oxygen atoms in total. The van der Waals surface area contributed by atoms with E-state index >= 15 is 0 Å². The zero-order valence-corrected chi connectivity index (χ0v) is 9.40. The van der Waals surface area contributed by atoms with Crippen LogP contribution in [0, 0.1) is 0 Å². The molecule has 0 aromatic rings. The molecule has 1 fully saturated rings. The summed E-state index contributed by atoms with van der Waals surface area (Å²) >= 11 is 4.19. The molecule has 1 saturated carbocycles. The molecule has 0 saturated heterocycles. The highest BCUT2D eigenvalue weighted by atomic mass is 32.1. The van der Waals surface area contributed by atoms with Crippen molar-refractivity contribution in [1.82, 2.24) is 0 Å². The minimum Gasteiger partial charge on any atom is -0.378 e. The molecule has 0 aliphatic heterocycles. The molecule has 0 atom stereocenters. The highest BCUT2D eigenvalue weighted by molar-refractivity contribution is 7.80. The minimum atomic E-state index is 0.602. The van der Waals surface area contributed by atoms with Gasteiger partial charge in [-0.15, -0.1) is 0 Å². The monoisotopic (exact) mass is 202 g/mol. The zero-order chi connectivity index (χ0) is 9.36. The number of thiol groups is 1. The smallest absolute Gasteiger partial charge is 0.0575 e. The third kappa shape index (κ3) is 5.58. The maximum atomic E-state index is 5.76. The molecule has 0 N–H and O–H groups in total. The molecular formula is C11H22OS. The van der Waals surface area contributed by atoms with E-state index in [1.54, 1.807) is 0 Å². The summed E-state index contributed by atoms with van der Waals surface area (Å²) < 4.78 is 5.76. The quantitative estimate of drug-likeness (QED) is 0.491. The van der Waals surface area contributed by atoms with Crippen LogP contribution in [0.2, 0.25) is 0 Å². The Morgan fingerprint density at radius 2 is 1.69 bits per heavy atom. The van der Waals surface area contributed by atoms with Crippen molar-refractivity contribution in [2.24, 2.45) is 0 Å². The lowest BCUT2D eigenvalue weighted by atomic mass is 10.2. The molecule has 0 unspecified atom stereocenters. The number of hydrogen-bond donors (Lipinski definition) is 1. The first-order chi connectivity index (χ1) is 6.43. The van der Waals surface area contributed by atoms with Crippen LogP contribution in [0.5, 0.6) is 0 Å². The molecule has 0 spiro atoms. The Morgan fingerprint density at radius 3 is 2.38 bits per heavy atom. The van der Waals surface area contributed by atoms with Crippen LogP contribution < -0.4 is 0 Å². The minimum absolute atomic E-state index is 0.602. The molecule has 0 aromatic heterocycles. The van der Waals surface area contributed by atoms with Gasteiger partial charge in [0.25, 0.3) is 0 Å². The van der Waals surface area contributed by atoms with Crippen molar-refractivity contribution in [3.05, 3.63) is 0 Å². The van der Waals surface area contributed by atoms with Crippen LogP contribution in [0.4, 0.5) is 0 Å². The maximum absolute atomic E-state index is 5.76. The predicted molar refractivity (Wildman–Crippen MR) is 60.5 cm³/mol. The average Bonchev–Trinajstić information content (AvgIpc) is 2.63. The Morgan fingerprint density at radius 1 is 1.00 bits per heavy atom. The maximum Gasteiger partial charge on any atom is 0.0575 e. The second-order valence-corrected chi connectivity index (χ2v) is 4.36. The number of ether oxygens (including phenoxy) is 1. The standard InChI is InChI=1S/C11H22OS/c13-10-6-2-1-5-9-12-11-7-3-4-8-11/h11,13H,1-10H2. The van der Waals surface area contributed by atoms with E-state index in [-0.39, 0.29) is 0 Å². The summed E-state index contributed by atoms with van der Waals surface area (Å²) in [5, 5.41) is 0. The Kier molecular flexibility index (Phi) is 6.73. The van der Waals surface area contributed by atoms with Crippen molar-refractivity contribution < 1.29 is 4.74 Å². The van der Waals surface area contributed by atoms with Gasteiger partial charge >= 0.3 is 0 Å². The normalized spacial score (nSPS) is 18.2. The van der Waals surface area contributed by atoms with E-state index in [9.17, 15) is 0 Å². The third-order valence-corrected chi connectivity index (χ3v) is 3.02. The van der Waals surface area contributed by atoms with Crippen LogP contribution in [-0.4, -0.2) is 18.5 Å². The average molecular weight is 202 g/mol. The van der Waals surface area contributed by atoms with Crippen molar-refractivity contribution in [3.8, 4) is 0 Å². The Hall–Kier alpha value is 0.310. The molecule has 1 rings (SSSR count). The highest BCUT2D eigenvalue weighted by Gasteiger charge is 2.14. The lowest BCUT2D eigenvalue weighted by Crippen LogP contribution is -2.08. The Bertz CT molecular complexity index is 111. The molecule has 0 amide bonds. The van der Waals surface area contributed by atoms with E-state index < -0.39 is 0 Å². The Labute approximate surface area is 87.7 Å². The second-order valence-electron chi connectivity index (χ2n) is 3.92. The van der Waals surface area contributed by atoms with Gasteiger partial charge in [-0.1, -0.05) is 25.7 Å². The zero-order valence-electron chi connectivity index (χ0n) is 8.50. The summed E-state index contributed by atoms with van der Waals surface area (Å²) in [5.74, 6) is 1.03.